The van der Waals surface area contributed by atoms with Gasteiger partial charge in [-0.1, -0.05) is 18.2 Å². The molecule has 0 aromatic heterocycles. The largest absolute Gasteiger partial charge is 0.508 e. The van der Waals surface area contributed by atoms with Crippen molar-refractivity contribution in [3.63, 3.8) is 0 Å². The van der Waals surface area contributed by atoms with Crippen LogP contribution in [0.1, 0.15) is 21.5 Å². The minimum atomic E-state index is -0.901. The summed E-state index contributed by atoms with van der Waals surface area (Å²) in [5, 5.41) is 21.0. The lowest BCUT2D eigenvalue weighted by Gasteiger charge is -2.07. The number of rotatable bonds is 4. The van der Waals surface area contributed by atoms with Crippen LogP contribution in [0.2, 0.25) is 0 Å². The third-order valence-corrected chi connectivity index (χ3v) is 3.04. The number of carboxylic acid groups (broad SMARTS) is 1. The molecule has 108 valence electrons. The van der Waals surface area contributed by atoms with Crippen molar-refractivity contribution in [1.82, 2.24) is 0 Å². The third-order valence-electron chi connectivity index (χ3n) is 3.04. The Labute approximate surface area is 121 Å². The fraction of sp³-hybridized carbons (Fsp3) is 0.125. The molecule has 0 atom stereocenters. The van der Waals surface area contributed by atoms with Crippen LogP contribution in [0, 0.1) is 6.92 Å². The van der Waals surface area contributed by atoms with Crippen molar-refractivity contribution in [3.8, 4) is 5.75 Å². The number of amides is 1. The Bertz CT molecular complexity index is 677. The summed E-state index contributed by atoms with van der Waals surface area (Å²) < 4.78 is 0. The Morgan fingerprint density at radius 2 is 1.76 bits per heavy atom. The average Bonchev–Trinajstić information content (AvgIpc) is 2.43. The van der Waals surface area contributed by atoms with Crippen molar-refractivity contribution >= 4 is 17.6 Å². The van der Waals surface area contributed by atoms with Crippen molar-refractivity contribution in [3.05, 3.63) is 59.2 Å². The molecule has 3 N–H and O–H groups in total. The lowest BCUT2D eigenvalue weighted by molar-refractivity contribution is -0.136. The van der Waals surface area contributed by atoms with Gasteiger partial charge in [-0.2, -0.15) is 0 Å². The first-order valence-corrected chi connectivity index (χ1v) is 6.37. The monoisotopic (exact) mass is 285 g/mol. The maximum absolute atomic E-state index is 12.0. The molecule has 2 rings (SSSR count). The number of carbonyl (C=O) groups is 2. The first-order valence-electron chi connectivity index (χ1n) is 6.37. The lowest BCUT2D eigenvalue weighted by Crippen LogP contribution is -2.12. The number of aryl methyl sites for hydroxylation is 1. The Kier molecular flexibility index (Phi) is 4.23. The summed E-state index contributed by atoms with van der Waals surface area (Å²) in [6.07, 6.45) is -0.0555. The maximum Gasteiger partial charge on any atom is 0.307 e. The topological polar surface area (TPSA) is 86.6 Å². The van der Waals surface area contributed by atoms with E-state index in [4.69, 9.17) is 5.11 Å². The summed E-state index contributed by atoms with van der Waals surface area (Å²) in [6, 6.07) is 11.3. The van der Waals surface area contributed by atoms with Gasteiger partial charge in [0.1, 0.15) is 5.75 Å². The van der Waals surface area contributed by atoms with Gasteiger partial charge < -0.3 is 15.5 Å². The summed E-state index contributed by atoms with van der Waals surface area (Å²) >= 11 is 0. The molecule has 0 aliphatic heterocycles. The predicted molar refractivity (Wildman–Crippen MR) is 78.6 cm³/mol. The molecule has 0 saturated carbocycles. The third kappa shape index (κ3) is 3.82. The zero-order chi connectivity index (χ0) is 15.4. The van der Waals surface area contributed by atoms with Gasteiger partial charge in [-0.25, -0.2) is 0 Å². The number of anilines is 1. The van der Waals surface area contributed by atoms with Gasteiger partial charge >= 0.3 is 5.97 Å². The van der Waals surface area contributed by atoms with E-state index in [9.17, 15) is 14.7 Å². The molecular weight excluding hydrogens is 270 g/mol. The van der Waals surface area contributed by atoms with Crippen molar-refractivity contribution in [1.29, 1.82) is 0 Å². The molecule has 0 fully saturated rings. The molecule has 0 aliphatic rings. The second-order valence-electron chi connectivity index (χ2n) is 4.72. The number of phenolic OH excluding ortho intramolecular Hbond substituents is 1. The van der Waals surface area contributed by atoms with Crippen LogP contribution in [0.5, 0.6) is 5.75 Å². The Morgan fingerprint density at radius 3 is 2.33 bits per heavy atom. The van der Waals surface area contributed by atoms with E-state index in [0.29, 0.717) is 22.4 Å². The van der Waals surface area contributed by atoms with Crippen LogP contribution in [-0.2, 0) is 11.2 Å². The Morgan fingerprint density at radius 1 is 1.10 bits per heavy atom. The summed E-state index contributed by atoms with van der Waals surface area (Å²) in [6.45, 7) is 1.75. The number of carboxylic acids is 1. The molecule has 2 aromatic rings. The first-order chi connectivity index (χ1) is 9.95. The van der Waals surface area contributed by atoms with Gasteiger partial charge in [0, 0.05) is 11.3 Å². The molecule has 5 heteroatoms. The van der Waals surface area contributed by atoms with E-state index in [0.717, 1.165) is 0 Å². The number of benzene rings is 2. The van der Waals surface area contributed by atoms with Crippen molar-refractivity contribution < 1.29 is 19.8 Å². The van der Waals surface area contributed by atoms with Gasteiger partial charge in [0.15, 0.2) is 0 Å². The number of nitrogens with one attached hydrogen (secondary N) is 1. The number of carbonyl (C=O) groups excluding carboxylic acids is 1. The SMILES string of the molecule is Cc1ccc(C(=O)Nc2ccc(CC(=O)O)cc2)cc1O. The highest BCUT2D eigenvalue weighted by Crippen LogP contribution is 2.18. The molecule has 0 unspecified atom stereocenters. The quantitative estimate of drug-likeness (QED) is 0.805. The molecule has 5 nitrogen and oxygen atoms in total. The average molecular weight is 285 g/mol. The highest BCUT2D eigenvalue weighted by Gasteiger charge is 2.08. The second kappa shape index (κ2) is 6.09. The van der Waals surface area contributed by atoms with Gasteiger partial charge in [0.25, 0.3) is 5.91 Å². The molecule has 0 bridgehead atoms. The van der Waals surface area contributed by atoms with Crippen molar-refractivity contribution in [2.75, 3.05) is 5.32 Å². The van der Waals surface area contributed by atoms with Gasteiger partial charge in [-0.05, 0) is 42.3 Å². The Hall–Kier alpha value is -2.82. The van der Waals surface area contributed by atoms with Crippen molar-refractivity contribution in [2.24, 2.45) is 0 Å². The van der Waals surface area contributed by atoms with E-state index in [1.54, 1.807) is 43.3 Å². The van der Waals surface area contributed by atoms with E-state index >= 15 is 0 Å². The van der Waals surface area contributed by atoms with E-state index in [1.165, 1.54) is 6.07 Å². The highest BCUT2D eigenvalue weighted by molar-refractivity contribution is 6.04. The van der Waals surface area contributed by atoms with E-state index in [-0.39, 0.29) is 18.1 Å². The van der Waals surface area contributed by atoms with E-state index in [1.807, 2.05) is 0 Å². The summed E-state index contributed by atoms with van der Waals surface area (Å²) in [7, 11) is 0. The summed E-state index contributed by atoms with van der Waals surface area (Å²) in [5.41, 5.74) is 2.28. The minimum Gasteiger partial charge on any atom is -0.508 e. The van der Waals surface area contributed by atoms with E-state index in [2.05, 4.69) is 5.32 Å². The van der Waals surface area contributed by atoms with Crippen LogP contribution in [0.25, 0.3) is 0 Å². The molecule has 0 heterocycles. The molecule has 0 spiro atoms. The van der Waals surface area contributed by atoms with Crippen LogP contribution >= 0.6 is 0 Å². The van der Waals surface area contributed by atoms with E-state index < -0.39 is 5.97 Å². The van der Waals surface area contributed by atoms with Gasteiger partial charge in [0.2, 0.25) is 0 Å². The van der Waals surface area contributed by atoms with Crippen LogP contribution in [-0.4, -0.2) is 22.1 Å². The number of hydrogen-bond acceptors (Lipinski definition) is 3. The molecule has 2 aromatic carbocycles. The van der Waals surface area contributed by atoms with Gasteiger partial charge in [-0.3, -0.25) is 9.59 Å². The molecule has 1 amide bonds. The van der Waals surface area contributed by atoms with Crippen LogP contribution in [0.15, 0.2) is 42.5 Å². The fourth-order valence-corrected chi connectivity index (χ4v) is 1.83. The molecule has 21 heavy (non-hydrogen) atoms. The van der Waals surface area contributed by atoms with Gasteiger partial charge in [-0.15, -0.1) is 0 Å². The molecular formula is C16H15NO4. The molecule has 0 aliphatic carbocycles. The van der Waals surface area contributed by atoms with Gasteiger partial charge in [0.05, 0.1) is 6.42 Å². The zero-order valence-corrected chi connectivity index (χ0v) is 11.5. The number of aliphatic carboxylic acids is 1. The second-order valence-corrected chi connectivity index (χ2v) is 4.72. The van der Waals surface area contributed by atoms with Crippen LogP contribution in [0.4, 0.5) is 5.69 Å². The maximum atomic E-state index is 12.0. The predicted octanol–water partition coefficient (Wildman–Crippen LogP) is 2.58. The number of aromatic hydroxyl groups is 1. The number of phenols is 1. The number of hydrogen-bond donors (Lipinski definition) is 3. The Balaban J connectivity index is 2.08. The highest BCUT2D eigenvalue weighted by atomic mass is 16.4. The van der Waals surface area contributed by atoms with Crippen LogP contribution in [0.3, 0.4) is 0 Å². The fourth-order valence-electron chi connectivity index (χ4n) is 1.83. The molecule has 0 radical (unpaired) electrons. The lowest BCUT2D eigenvalue weighted by atomic mass is 10.1. The summed E-state index contributed by atoms with van der Waals surface area (Å²) in [5.74, 6) is -1.17. The first kappa shape index (κ1) is 14.6. The molecule has 0 saturated heterocycles. The normalized spacial score (nSPS) is 10.1. The minimum absolute atomic E-state index is 0.0555. The standard InChI is InChI=1S/C16H15NO4/c1-10-2-5-12(9-14(10)18)16(21)17-13-6-3-11(4-7-13)8-15(19)20/h2-7,9,18H,8H2,1H3,(H,17,21)(H,19,20). The smallest absolute Gasteiger partial charge is 0.307 e. The van der Waals surface area contributed by atoms with Crippen LogP contribution < -0.4 is 5.32 Å². The van der Waals surface area contributed by atoms with Crippen molar-refractivity contribution in [2.45, 2.75) is 13.3 Å². The zero-order valence-electron chi connectivity index (χ0n) is 11.5. The summed E-state index contributed by atoms with van der Waals surface area (Å²) in [4.78, 5) is 22.6.